The predicted molar refractivity (Wildman–Crippen MR) is 66.9 cm³/mol. The largest absolute Gasteiger partial charge is 0.363 e. The van der Waals surface area contributed by atoms with E-state index in [0.717, 1.165) is 0 Å². The monoisotopic (exact) mass is 214 g/mol. The van der Waals surface area contributed by atoms with Gasteiger partial charge in [0.2, 0.25) is 0 Å². The van der Waals surface area contributed by atoms with Crippen molar-refractivity contribution in [1.82, 2.24) is 4.90 Å². The lowest BCUT2D eigenvalue weighted by atomic mass is 10.1. The first-order valence-electron chi connectivity index (χ1n) is 6.17. The first-order valence-corrected chi connectivity index (χ1v) is 6.17. The first-order chi connectivity index (χ1) is 7.84. The maximum Gasteiger partial charge on any atom is 0.0990 e. The van der Waals surface area contributed by atoms with Crippen LogP contribution in [0.25, 0.3) is 0 Å². The van der Waals surface area contributed by atoms with E-state index in [1.807, 2.05) is 0 Å². The highest BCUT2D eigenvalue weighted by Crippen LogP contribution is 2.43. The quantitative estimate of drug-likeness (QED) is 0.739. The molecule has 84 valence electrons. The van der Waals surface area contributed by atoms with Crippen LogP contribution < -0.4 is 0 Å². The van der Waals surface area contributed by atoms with Crippen molar-refractivity contribution in [1.29, 1.82) is 0 Å². The van der Waals surface area contributed by atoms with Crippen molar-refractivity contribution in [2.45, 2.75) is 31.2 Å². The van der Waals surface area contributed by atoms with Crippen molar-refractivity contribution in [3.63, 3.8) is 0 Å². The molecule has 1 aromatic rings. The van der Waals surface area contributed by atoms with E-state index in [2.05, 4.69) is 42.3 Å². The van der Waals surface area contributed by atoms with Gasteiger partial charge in [-0.25, -0.2) is 0 Å². The second-order valence-electron chi connectivity index (χ2n) is 4.89. The Morgan fingerprint density at radius 1 is 1.25 bits per heavy atom. The molecule has 0 amide bonds. The van der Waals surface area contributed by atoms with Crippen LogP contribution in [0.1, 0.15) is 30.7 Å². The fourth-order valence-corrected chi connectivity index (χ4v) is 2.53. The van der Waals surface area contributed by atoms with Crippen molar-refractivity contribution in [2.24, 2.45) is 4.99 Å². The fourth-order valence-electron chi connectivity index (χ4n) is 2.53. The predicted octanol–water partition coefficient (Wildman–Crippen LogP) is 2.67. The van der Waals surface area contributed by atoms with Gasteiger partial charge in [0.1, 0.15) is 0 Å². The van der Waals surface area contributed by atoms with Gasteiger partial charge in [0.15, 0.2) is 0 Å². The van der Waals surface area contributed by atoms with E-state index in [4.69, 9.17) is 4.99 Å². The lowest BCUT2D eigenvalue weighted by molar-refractivity contribution is 0.547. The molecule has 2 nitrogen and oxygen atoms in total. The van der Waals surface area contributed by atoms with Crippen LogP contribution in [-0.4, -0.2) is 30.4 Å². The molecule has 1 aliphatic heterocycles. The molecule has 1 heterocycles. The van der Waals surface area contributed by atoms with E-state index in [-0.39, 0.29) is 0 Å². The number of aliphatic imine (C=N–C) groups is 1. The number of nitrogens with zero attached hydrogens (tertiary/aromatic N) is 2. The summed E-state index contributed by atoms with van der Waals surface area (Å²) in [7, 11) is 2.16. The molecule has 0 spiro atoms. The summed E-state index contributed by atoms with van der Waals surface area (Å²) in [6.07, 6.45) is 3.69. The summed E-state index contributed by atoms with van der Waals surface area (Å²) in [5, 5.41) is 0. The van der Waals surface area contributed by atoms with Crippen LogP contribution in [0.3, 0.4) is 0 Å². The van der Waals surface area contributed by atoms with Crippen LogP contribution in [0.5, 0.6) is 0 Å². The van der Waals surface area contributed by atoms with Crippen molar-refractivity contribution >= 4 is 5.84 Å². The van der Waals surface area contributed by atoms with Crippen LogP contribution in [-0.2, 0) is 0 Å². The Morgan fingerprint density at radius 2 is 2.06 bits per heavy atom. The van der Waals surface area contributed by atoms with Gasteiger partial charge in [0.05, 0.1) is 11.9 Å². The van der Waals surface area contributed by atoms with Gasteiger partial charge >= 0.3 is 0 Å². The molecule has 2 heteroatoms. The van der Waals surface area contributed by atoms with E-state index < -0.39 is 0 Å². The standard InChI is InChI=1S/C14H18N2/c1-16-9-5-8-14(16)15-13-10-12(13)11-6-3-2-4-7-11/h2-4,6-7,12-13H,5,8-10H2,1H3. The zero-order valence-corrected chi connectivity index (χ0v) is 9.76. The minimum absolute atomic E-state index is 0.554. The number of hydrogen-bond donors (Lipinski definition) is 0. The zero-order chi connectivity index (χ0) is 11.0. The molecule has 1 saturated heterocycles. The number of benzene rings is 1. The molecule has 0 bridgehead atoms. The molecule has 0 N–H and O–H groups in total. The average Bonchev–Trinajstić information content (AvgIpc) is 2.97. The highest BCUT2D eigenvalue weighted by molar-refractivity contribution is 5.84. The molecule has 1 saturated carbocycles. The van der Waals surface area contributed by atoms with E-state index >= 15 is 0 Å². The van der Waals surface area contributed by atoms with Gasteiger partial charge in [-0.1, -0.05) is 30.3 Å². The van der Waals surface area contributed by atoms with Gasteiger partial charge in [-0.2, -0.15) is 0 Å². The topological polar surface area (TPSA) is 15.6 Å². The van der Waals surface area contributed by atoms with Crippen molar-refractivity contribution in [3.05, 3.63) is 35.9 Å². The second kappa shape index (κ2) is 3.93. The lowest BCUT2D eigenvalue weighted by Gasteiger charge is -2.10. The molecular weight excluding hydrogens is 196 g/mol. The van der Waals surface area contributed by atoms with Gasteiger partial charge in [-0.3, -0.25) is 4.99 Å². The van der Waals surface area contributed by atoms with E-state index in [1.54, 1.807) is 0 Å². The summed E-state index contributed by atoms with van der Waals surface area (Å²) in [6.45, 7) is 1.18. The highest BCUT2D eigenvalue weighted by Gasteiger charge is 2.38. The summed E-state index contributed by atoms with van der Waals surface area (Å²) < 4.78 is 0. The van der Waals surface area contributed by atoms with E-state index in [1.165, 1.54) is 37.2 Å². The van der Waals surface area contributed by atoms with Gasteiger partial charge in [-0.15, -0.1) is 0 Å². The molecule has 2 aliphatic rings. The second-order valence-corrected chi connectivity index (χ2v) is 4.89. The van der Waals surface area contributed by atoms with Crippen LogP contribution in [0.4, 0.5) is 0 Å². The number of hydrogen-bond acceptors (Lipinski definition) is 1. The van der Waals surface area contributed by atoms with Crippen molar-refractivity contribution in [2.75, 3.05) is 13.6 Å². The Hall–Kier alpha value is -1.31. The molecule has 16 heavy (non-hydrogen) atoms. The Bertz CT molecular complexity index is 396. The van der Waals surface area contributed by atoms with Gasteiger partial charge < -0.3 is 4.90 Å². The molecule has 3 rings (SSSR count). The number of rotatable bonds is 2. The third-order valence-electron chi connectivity index (χ3n) is 3.63. The van der Waals surface area contributed by atoms with Crippen LogP contribution >= 0.6 is 0 Å². The van der Waals surface area contributed by atoms with Gasteiger partial charge in [0, 0.05) is 25.9 Å². The van der Waals surface area contributed by atoms with Gasteiger partial charge in [0.25, 0.3) is 0 Å². The lowest BCUT2D eigenvalue weighted by Crippen LogP contribution is -2.19. The molecule has 2 unspecified atom stereocenters. The molecule has 2 fully saturated rings. The zero-order valence-electron chi connectivity index (χ0n) is 9.76. The smallest absolute Gasteiger partial charge is 0.0990 e. The summed E-state index contributed by atoms with van der Waals surface area (Å²) in [5.41, 5.74) is 1.46. The van der Waals surface area contributed by atoms with Crippen molar-refractivity contribution in [3.8, 4) is 0 Å². The molecule has 1 aliphatic carbocycles. The number of likely N-dealkylation sites (tertiary alicyclic amines) is 1. The molecule has 1 aromatic carbocycles. The summed E-state index contributed by atoms with van der Waals surface area (Å²) in [4.78, 5) is 7.17. The van der Waals surface area contributed by atoms with Crippen molar-refractivity contribution < 1.29 is 0 Å². The summed E-state index contributed by atoms with van der Waals surface area (Å²) >= 11 is 0. The van der Waals surface area contributed by atoms with Crippen LogP contribution in [0, 0.1) is 0 Å². The third-order valence-corrected chi connectivity index (χ3v) is 3.63. The van der Waals surface area contributed by atoms with Crippen LogP contribution in [0.15, 0.2) is 35.3 Å². The average molecular weight is 214 g/mol. The van der Waals surface area contributed by atoms with E-state index in [0.29, 0.717) is 12.0 Å². The Kier molecular flexibility index (Phi) is 2.43. The maximum atomic E-state index is 4.87. The third kappa shape index (κ3) is 1.84. The Labute approximate surface area is 97.0 Å². The molecule has 0 aromatic heterocycles. The summed E-state index contributed by atoms with van der Waals surface area (Å²) in [6, 6.07) is 11.3. The summed E-state index contributed by atoms with van der Waals surface area (Å²) in [5.74, 6) is 2.01. The minimum Gasteiger partial charge on any atom is -0.363 e. The maximum absolute atomic E-state index is 4.87. The fraction of sp³-hybridized carbons (Fsp3) is 0.500. The van der Waals surface area contributed by atoms with Crippen LogP contribution in [0.2, 0.25) is 0 Å². The number of amidine groups is 1. The first kappa shape index (κ1) is 9.88. The normalized spacial score (nSPS) is 31.1. The minimum atomic E-state index is 0.554. The Balaban J connectivity index is 1.68. The molecular formula is C14H18N2. The highest BCUT2D eigenvalue weighted by atomic mass is 15.2. The van der Waals surface area contributed by atoms with Gasteiger partial charge in [-0.05, 0) is 18.4 Å². The molecule has 0 radical (unpaired) electrons. The molecule has 2 atom stereocenters. The Morgan fingerprint density at radius 3 is 2.75 bits per heavy atom. The SMILES string of the molecule is CN1CCCC1=NC1CC1c1ccccc1. The van der Waals surface area contributed by atoms with E-state index in [9.17, 15) is 0 Å².